The number of fused-ring (bicyclic) bond motifs is 2. The molecule has 1 unspecified atom stereocenters. The first-order valence-electron chi connectivity index (χ1n) is 14.7. The number of carbonyl (C=O) groups excluding carboxylic acids is 2. The molecule has 10 heteroatoms. The number of hydrogen-bond donors (Lipinski definition) is 3. The fourth-order valence-electron chi connectivity index (χ4n) is 5.73. The maximum Gasteiger partial charge on any atom is 0.253 e. The highest BCUT2D eigenvalue weighted by Gasteiger charge is 2.32. The van der Waals surface area contributed by atoms with Crippen LogP contribution in [0.3, 0.4) is 0 Å². The van der Waals surface area contributed by atoms with Gasteiger partial charge < -0.3 is 15.5 Å². The van der Waals surface area contributed by atoms with Crippen molar-refractivity contribution >= 4 is 49.2 Å². The van der Waals surface area contributed by atoms with Crippen LogP contribution < -0.4 is 10.5 Å². The molecule has 228 valence electrons. The van der Waals surface area contributed by atoms with E-state index in [2.05, 4.69) is 4.72 Å². The summed E-state index contributed by atoms with van der Waals surface area (Å²) in [6.07, 6.45) is 0.0585. The number of nitrogens with two attached hydrogens (primary N) is 1. The van der Waals surface area contributed by atoms with Crippen molar-refractivity contribution in [2.24, 2.45) is 5.73 Å². The minimum Gasteiger partial charge on any atom is -0.384 e. The van der Waals surface area contributed by atoms with Gasteiger partial charge in [0.1, 0.15) is 11.9 Å². The molecule has 1 aliphatic heterocycles. The van der Waals surface area contributed by atoms with Crippen LogP contribution in [-0.4, -0.2) is 68.1 Å². The Labute approximate surface area is 261 Å². The highest BCUT2D eigenvalue weighted by molar-refractivity contribution is 7.89. The van der Waals surface area contributed by atoms with E-state index in [1.807, 2.05) is 66.7 Å². The fraction of sp³-hybridized carbons (Fsp3) is 0.171. The summed E-state index contributed by atoms with van der Waals surface area (Å²) in [6.45, 7) is 1.17. The number of piperazine rings is 1. The Hall–Kier alpha value is -5.06. The smallest absolute Gasteiger partial charge is 0.253 e. The Bertz CT molecular complexity index is 2040. The van der Waals surface area contributed by atoms with Gasteiger partial charge >= 0.3 is 0 Å². The largest absolute Gasteiger partial charge is 0.384 e. The Kier molecular flexibility index (Phi) is 8.34. The van der Waals surface area contributed by atoms with Crippen LogP contribution >= 0.6 is 0 Å². The number of amidine groups is 1. The third-order valence-corrected chi connectivity index (χ3v) is 9.65. The van der Waals surface area contributed by atoms with Crippen molar-refractivity contribution in [3.05, 3.63) is 126 Å². The minimum absolute atomic E-state index is 0.0577. The Morgan fingerprint density at radius 1 is 0.711 bits per heavy atom. The van der Waals surface area contributed by atoms with Crippen LogP contribution in [0, 0.1) is 5.41 Å². The standard InChI is InChI=1S/C35H33N5O4S/c36-33(37)29-11-5-6-24(20-29)21-32(38-45(43,44)31-15-14-26-8-2-4-10-28(26)23-31)35(42)40-18-16-39(17-19-40)34(41)30-13-12-25-7-1-3-9-27(25)22-30/h1-15,20,22-23,32,38H,16-19,21H2,(H3,36,37). The van der Waals surface area contributed by atoms with Crippen LogP contribution in [0.4, 0.5) is 0 Å². The zero-order valence-electron chi connectivity index (χ0n) is 24.5. The predicted octanol–water partition coefficient (Wildman–Crippen LogP) is 4.15. The van der Waals surface area contributed by atoms with Gasteiger partial charge in [0, 0.05) is 37.3 Å². The summed E-state index contributed by atoms with van der Waals surface area (Å²) >= 11 is 0. The lowest BCUT2D eigenvalue weighted by atomic mass is 10.0. The Morgan fingerprint density at radius 2 is 1.31 bits per heavy atom. The van der Waals surface area contributed by atoms with Gasteiger partial charge in [-0.15, -0.1) is 0 Å². The Balaban J connectivity index is 1.21. The van der Waals surface area contributed by atoms with Crippen LogP contribution in [0.15, 0.2) is 114 Å². The zero-order valence-corrected chi connectivity index (χ0v) is 25.3. The summed E-state index contributed by atoms with van der Waals surface area (Å²) in [5.74, 6) is -0.614. The molecular weight excluding hydrogens is 586 g/mol. The van der Waals surface area contributed by atoms with Crippen LogP contribution in [-0.2, 0) is 21.2 Å². The molecule has 1 fully saturated rings. The fourth-order valence-corrected chi connectivity index (χ4v) is 6.95. The van der Waals surface area contributed by atoms with E-state index in [1.54, 1.807) is 46.2 Å². The summed E-state index contributed by atoms with van der Waals surface area (Å²) in [7, 11) is -4.09. The van der Waals surface area contributed by atoms with Crippen molar-refractivity contribution in [1.82, 2.24) is 14.5 Å². The molecular formula is C35H33N5O4S. The van der Waals surface area contributed by atoms with Crippen molar-refractivity contribution in [1.29, 1.82) is 5.41 Å². The molecule has 45 heavy (non-hydrogen) atoms. The van der Waals surface area contributed by atoms with E-state index in [4.69, 9.17) is 11.1 Å². The molecule has 0 spiro atoms. The maximum absolute atomic E-state index is 14.0. The van der Waals surface area contributed by atoms with Gasteiger partial charge in [-0.1, -0.05) is 78.9 Å². The van der Waals surface area contributed by atoms with Crippen molar-refractivity contribution in [2.45, 2.75) is 17.4 Å². The summed E-state index contributed by atoms with van der Waals surface area (Å²) in [4.78, 5) is 30.7. The number of sulfonamides is 1. The monoisotopic (exact) mass is 619 g/mol. The molecule has 6 rings (SSSR count). The average Bonchev–Trinajstić information content (AvgIpc) is 3.07. The SMILES string of the molecule is N=C(N)c1cccc(CC(NS(=O)(=O)c2ccc3ccccc3c2)C(=O)N2CCN(C(=O)c3ccc4ccccc4c3)CC2)c1. The quantitative estimate of drug-likeness (QED) is 0.177. The molecule has 5 aromatic rings. The van der Waals surface area contributed by atoms with Gasteiger partial charge in [0.25, 0.3) is 5.91 Å². The molecule has 0 aromatic heterocycles. The molecule has 1 heterocycles. The number of amides is 2. The van der Waals surface area contributed by atoms with Gasteiger partial charge in [0.2, 0.25) is 15.9 Å². The Morgan fingerprint density at radius 3 is 1.98 bits per heavy atom. The van der Waals surface area contributed by atoms with Gasteiger partial charge in [0.05, 0.1) is 4.90 Å². The lowest BCUT2D eigenvalue weighted by molar-refractivity contribution is -0.134. The maximum atomic E-state index is 14.0. The molecule has 0 radical (unpaired) electrons. The number of hydrogen-bond acceptors (Lipinski definition) is 5. The third-order valence-electron chi connectivity index (χ3n) is 8.18. The third kappa shape index (κ3) is 6.57. The second-order valence-corrected chi connectivity index (χ2v) is 12.9. The van der Waals surface area contributed by atoms with E-state index in [9.17, 15) is 18.0 Å². The lowest BCUT2D eigenvalue weighted by Crippen LogP contribution is -2.56. The van der Waals surface area contributed by atoms with Crippen LogP contribution in [0.25, 0.3) is 21.5 Å². The van der Waals surface area contributed by atoms with E-state index >= 15 is 0 Å². The molecule has 9 nitrogen and oxygen atoms in total. The zero-order chi connectivity index (χ0) is 31.6. The first kappa shape index (κ1) is 30.0. The van der Waals surface area contributed by atoms with E-state index in [0.717, 1.165) is 21.5 Å². The molecule has 4 N–H and O–H groups in total. The first-order chi connectivity index (χ1) is 21.7. The number of benzene rings is 5. The molecule has 1 aliphatic rings. The number of rotatable bonds is 8. The predicted molar refractivity (Wildman–Crippen MR) is 176 cm³/mol. The molecule has 2 amide bonds. The number of nitrogens with zero attached hydrogens (tertiary/aromatic N) is 2. The minimum atomic E-state index is -4.09. The van der Waals surface area contributed by atoms with E-state index in [1.165, 1.54) is 6.07 Å². The molecule has 0 aliphatic carbocycles. The van der Waals surface area contributed by atoms with E-state index < -0.39 is 16.1 Å². The van der Waals surface area contributed by atoms with Gasteiger partial charge in [-0.05, 0) is 63.9 Å². The second-order valence-electron chi connectivity index (χ2n) is 11.2. The number of nitrogen functional groups attached to an aromatic ring is 1. The van der Waals surface area contributed by atoms with Gasteiger partial charge in [-0.2, -0.15) is 4.72 Å². The molecule has 5 aromatic carbocycles. The normalized spacial score (nSPS) is 14.4. The van der Waals surface area contributed by atoms with Crippen LogP contribution in [0.2, 0.25) is 0 Å². The highest BCUT2D eigenvalue weighted by Crippen LogP contribution is 2.21. The lowest BCUT2D eigenvalue weighted by Gasteiger charge is -2.36. The van der Waals surface area contributed by atoms with Gasteiger partial charge in [-0.25, -0.2) is 8.42 Å². The topological polar surface area (TPSA) is 137 Å². The molecule has 1 saturated heterocycles. The van der Waals surface area contributed by atoms with Crippen molar-refractivity contribution in [3.63, 3.8) is 0 Å². The van der Waals surface area contributed by atoms with Crippen molar-refractivity contribution in [2.75, 3.05) is 26.2 Å². The first-order valence-corrected chi connectivity index (χ1v) is 16.2. The second kappa shape index (κ2) is 12.5. The summed E-state index contributed by atoms with van der Waals surface area (Å²) in [5.41, 5.74) is 7.41. The number of carbonyl (C=O) groups is 2. The summed E-state index contributed by atoms with van der Waals surface area (Å²) in [5, 5.41) is 11.5. The summed E-state index contributed by atoms with van der Waals surface area (Å²) in [6, 6.07) is 31.5. The van der Waals surface area contributed by atoms with Gasteiger partial charge in [0.15, 0.2) is 0 Å². The highest BCUT2D eigenvalue weighted by atomic mass is 32.2. The molecule has 0 bridgehead atoms. The van der Waals surface area contributed by atoms with Gasteiger partial charge in [-0.3, -0.25) is 15.0 Å². The molecule has 0 saturated carbocycles. The van der Waals surface area contributed by atoms with Crippen LogP contribution in [0.5, 0.6) is 0 Å². The van der Waals surface area contributed by atoms with E-state index in [0.29, 0.717) is 29.8 Å². The van der Waals surface area contributed by atoms with E-state index in [-0.39, 0.29) is 42.1 Å². The summed E-state index contributed by atoms with van der Waals surface area (Å²) < 4.78 is 29.9. The number of nitrogens with one attached hydrogen (secondary N) is 2. The van der Waals surface area contributed by atoms with Crippen LogP contribution in [0.1, 0.15) is 21.5 Å². The van der Waals surface area contributed by atoms with Crippen molar-refractivity contribution < 1.29 is 18.0 Å². The van der Waals surface area contributed by atoms with Crippen molar-refractivity contribution in [3.8, 4) is 0 Å². The average molecular weight is 620 g/mol. The molecule has 1 atom stereocenters.